The number of carbonyl (C=O) groups is 2. The molecule has 1 aliphatic rings. The summed E-state index contributed by atoms with van der Waals surface area (Å²) in [5.74, 6) is -0.988. The Morgan fingerprint density at radius 3 is 2.65 bits per heavy atom. The number of hydrogen-bond acceptors (Lipinski definition) is 5. The highest BCUT2D eigenvalue weighted by Gasteiger charge is 2.28. The van der Waals surface area contributed by atoms with Crippen molar-refractivity contribution in [2.75, 3.05) is 44.9 Å². The summed E-state index contributed by atoms with van der Waals surface area (Å²) in [7, 11) is -1.52. The van der Waals surface area contributed by atoms with Gasteiger partial charge in [-0.2, -0.15) is 0 Å². The van der Waals surface area contributed by atoms with Crippen molar-refractivity contribution < 1.29 is 27.9 Å². The molecular weight excluding hydrogens is 288 g/mol. The Morgan fingerprint density at radius 1 is 1.45 bits per heavy atom. The Balaban J connectivity index is 2.43. The van der Waals surface area contributed by atoms with Crippen molar-refractivity contribution in [2.45, 2.75) is 6.42 Å². The smallest absolute Gasteiger partial charge is 0.323 e. The van der Waals surface area contributed by atoms with Crippen LogP contribution in [-0.2, 0) is 19.4 Å². The molecule has 0 aliphatic carbocycles. The predicted molar refractivity (Wildman–Crippen MR) is 71.2 cm³/mol. The molecule has 1 heterocycles. The highest BCUT2D eigenvalue weighted by Crippen LogP contribution is 2.17. The van der Waals surface area contributed by atoms with Gasteiger partial charge < -0.3 is 20.1 Å². The van der Waals surface area contributed by atoms with E-state index in [0.29, 0.717) is 6.42 Å². The number of nitrogens with one attached hydrogen (secondary N) is 1. The normalized spacial score (nSPS) is 20.6. The van der Waals surface area contributed by atoms with Crippen molar-refractivity contribution in [1.82, 2.24) is 10.2 Å². The van der Waals surface area contributed by atoms with E-state index in [2.05, 4.69) is 5.32 Å². The van der Waals surface area contributed by atoms with E-state index in [9.17, 15) is 18.0 Å². The lowest BCUT2D eigenvalue weighted by molar-refractivity contribution is -0.137. The predicted octanol–water partition coefficient (Wildman–Crippen LogP) is -0.836. The second-order valence-electron chi connectivity index (χ2n) is 4.76. The van der Waals surface area contributed by atoms with Gasteiger partial charge in [0.05, 0.1) is 18.1 Å². The van der Waals surface area contributed by atoms with Crippen LogP contribution >= 0.6 is 0 Å². The third-order valence-corrected chi connectivity index (χ3v) is 4.88. The van der Waals surface area contributed by atoms with Crippen molar-refractivity contribution in [2.24, 2.45) is 5.92 Å². The van der Waals surface area contributed by atoms with Gasteiger partial charge in [0, 0.05) is 20.2 Å². The number of methoxy groups -OCH3 is 1. The van der Waals surface area contributed by atoms with Gasteiger partial charge in [0.1, 0.15) is 6.54 Å². The molecule has 0 aromatic carbocycles. The average Bonchev–Trinajstić information content (AvgIpc) is 2.70. The molecule has 20 heavy (non-hydrogen) atoms. The second-order valence-corrected chi connectivity index (χ2v) is 6.99. The van der Waals surface area contributed by atoms with Gasteiger partial charge in [-0.25, -0.2) is 13.2 Å². The Morgan fingerprint density at radius 2 is 2.15 bits per heavy atom. The molecule has 1 atom stereocenters. The third-order valence-electron chi connectivity index (χ3n) is 3.05. The van der Waals surface area contributed by atoms with Crippen LogP contribution in [-0.4, -0.2) is 75.3 Å². The van der Waals surface area contributed by atoms with Crippen LogP contribution in [0, 0.1) is 5.92 Å². The molecule has 0 saturated carbocycles. The zero-order chi connectivity index (χ0) is 15.2. The van der Waals surface area contributed by atoms with Gasteiger partial charge in [-0.15, -0.1) is 0 Å². The third kappa shape index (κ3) is 5.74. The van der Waals surface area contributed by atoms with Crippen LogP contribution < -0.4 is 5.32 Å². The summed E-state index contributed by atoms with van der Waals surface area (Å²) >= 11 is 0. The Bertz CT molecular complexity index is 450. The summed E-state index contributed by atoms with van der Waals surface area (Å²) in [5, 5.41) is 11.3. The van der Waals surface area contributed by atoms with Crippen LogP contribution in [0.4, 0.5) is 4.79 Å². The molecule has 2 amide bonds. The number of amides is 2. The molecule has 1 unspecified atom stereocenters. The minimum Gasteiger partial charge on any atom is -0.480 e. The fourth-order valence-corrected chi connectivity index (χ4v) is 3.86. The lowest BCUT2D eigenvalue weighted by Crippen LogP contribution is -2.45. The fourth-order valence-electron chi connectivity index (χ4n) is 1.99. The van der Waals surface area contributed by atoms with E-state index in [1.165, 1.54) is 7.11 Å². The van der Waals surface area contributed by atoms with Crippen molar-refractivity contribution in [3.8, 4) is 0 Å². The number of aliphatic carboxylic acids is 1. The Hall–Kier alpha value is -1.35. The second kappa shape index (κ2) is 7.44. The van der Waals surface area contributed by atoms with Gasteiger partial charge in [0.25, 0.3) is 0 Å². The first-order valence-electron chi connectivity index (χ1n) is 6.28. The zero-order valence-electron chi connectivity index (χ0n) is 11.4. The summed E-state index contributed by atoms with van der Waals surface area (Å²) in [6, 6.07) is -0.520. The fraction of sp³-hybridized carbons (Fsp3) is 0.818. The van der Waals surface area contributed by atoms with E-state index in [0.717, 1.165) is 4.90 Å². The maximum absolute atomic E-state index is 11.8. The average molecular weight is 308 g/mol. The van der Waals surface area contributed by atoms with Gasteiger partial charge in [-0.1, -0.05) is 0 Å². The Labute approximate surface area is 118 Å². The number of carboxylic acid groups (broad SMARTS) is 1. The van der Waals surface area contributed by atoms with E-state index in [-0.39, 0.29) is 37.1 Å². The van der Waals surface area contributed by atoms with Gasteiger partial charge >= 0.3 is 12.0 Å². The molecule has 116 valence electrons. The molecule has 0 aromatic rings. The topological polar surface area (TPSA) is 113 Å². The molecule has 0 aromatic heterocycles. The molecule has 0 bridgehead atoms. The molecule has 8 nitrogen and oxygen atoms in total. The van der Waals surface area contributed by atoms with Crippen LogP contribution in [0.5, 0.6) is 0 Å². The van der Waals surface area contributed by atoms with E-state index < -0.39 is 28.4 Å². The van der Waals surface area contributed by atoms with Gasteiger partial charge in [0.15, 0.2) is 9.84 Å². The molecule has 0 spiro atoms. The van der Waals surface area contributed by atoms with Gasteiger partial charge in [0.2, 0.25) is 0 Å². The lowest BCUT2D eigenvalue weighted by Gasteiger charge is -2.21. The van der Waals surface area contributed by atoms with Gasteiger partial charge in [-0.3, -0.25) is 4.79 Å². The minimum atomic E-state index is -2.98. The minimum absolute atomic E-state index is 0.0737. The largest absolute Gasteiger partial charge is 0.480 e. The summed E-state index contributed by atoms with van der Waals surface area (Å²) in [6.07, 6.45) is 0.527. The summed E-state index contributed by atoms with van der Waals surface area (Å²) in [6.45, 7) is 0.218. The number of rotatable bonds is 7. The first-order valence-corrected chi connectivity index (χ1v) is 8.10. The molecule has 9 heteroatoms. The van der Waals surface area contributed by atoms with E-state index >= 15 is 0 Å². The standard InChI is InChI=1S/C11H20N2O6S/c1-19-4-3-13(7-10(14)15)11(16)12-6-9-2-5-20(17,18)8-9/h9H,2-8H2,1H3,(H,12,16)(H,14,15). The summed E-state index contributed by atoms with van der Waals surface area (Å²) in [5.41, 5.74) is 0. The molecule has 2 N–H and O–H groups in total. The lowest BCUT2D eigenvalue weighted by atomic mass is 10.1. The molecule has 1 rings (SSSR count). The zero-order valence-corrected chi connectivity index (χ0v) is 12.2. The van der Waals surface area contributed by atoms with Crippen molar-refractivity contribution >= 4 is 21.8 Å². The number of nitrogens with zero attached hydrogens (tertiary/aromatic N) is 1. The number of urea groups is 1. The van der Waals surface area contributed by atoms with Crippen molar-refractivity contribution in [1.29, 1.82) is 0 Å². The van der Waals surface area contributed by atoms with Crippen LogP contribution in [0.25, 0.3) is 0 Å². The number of ether oxygens (including phenoxy) is 1. The van der Waals surface area contributed by atoms with Crippen molar-refractivity contribution in [3.63, 3.8) is 0 Å². The SMILES string of the molecule is COCCN(CC(=O)O)C(=O)NCC1CCS(=O)(=O)C1. The molecule has 1 fully saturated rings. The van der Waals surface area contributed by atoms with Gasteiger partial charge in [-0.05, 0) is 12.3 Å². The van der Waals surface area contributed by atoms with E-state index in [4.69, 9.17) is 9.84 Å². The first-order chi connectivity index (χ1) is 9.34. The first kappa shape index (κ1) is 16.7. The quantitative estimate of drug-likeness (QED) is 0.634. The van der Waals surface area contributed by atoms with E-state index in [1.54, 1.807) is 0 Å². The van der Waals surface area contributed by atoms with Crippen LogP contribution in [0.15, 0.2) is 0 Å². The summed E-state index contributed by atoms with van der Waals surface area (Å²) in [4.78, 5) is 23.7. The summed E-state index contributed by atoms with van der Waals surface area (Å²) < 4.78 is 27.4. The molecule has 1 aliphatic heterocycles. The molecular formula is C11H20N2O6S. The maximum atomic E-state index is 11.8. The Kier molecular flexibility index (Phi) is 6.21. The number of sulfone groups is 1. The highest BCUT2D eigenvalue weighted by molar-refractivity contribution is 7.91. The molecule has 0 radical (unpaired) electrons. The van der Waals surface area contributed by atoms with Crippen LogP contribution in [0.1, 0.15) is 6.42 Å². The molecule has 1 saturated heterocycles. The van der Waals surface area contributed by atoms with Crippen LogP contribution in [0.2, 0.25) is 0 Å². The highest BCUT2D eigenvalue weighted by atomic mass is 32.2. The monoisotopic (exact) mass is 308 g/mol. The van der Waals surface area contributed by atoms with E-state index in [1.807, 2.05) is 0 Å². The number of carboxylic acids is 1. The maximum Gasteiger partial charge on any atom is 0.323 e. The number of carbonyl (C=O) groups excluding carboxylic acids is 1. The van der Waals surface area contributed by atoms with Crippen molar-refractivity contribution in [3.05, 3.63) is 0 Å². The van der Waals surface area contributed by atoms with Crippen LogP contribution in [0.3, 0.4) is 0 Å². The number of hydrogen-bond donors (Lipinski definition) is 2.